The number of carboxylic acid groups (broad SMARTS) is 4. The van der Waals surface area contributed by atoms with Crippen molar-refractivity contribution in [3.8, 4) is 0 Å². The van der Waals surface area contributed by atoms with Crippen molar-refractivity contribution in [2.45, 2.75) is 0 Å². The largest absolute Gasteiger partial charge is 2.00 e. The fraction of sp³-hybridized carbons (Fsp3) is 0. The molecule has 0 fully saturated rings. The molecule has 0 bridgehead atoms. The standard InChI is InChI=1S/2CH2O3.Co.Mg/c2*2-1(3)4;;/h2*(H2,2,3,4);;/q;;2*+2/p-4. The molecule has 8 heteroatoms. The average Bonchev–Trinajstić information content (AvgIpc) is 1.25. The van der Waals surface area contributed by atoms with Crippen LogP contribution in [0.15, 0.2) is 0 Å². The van der Waals surface area contributed by atoms with E-state index in [0.29, 0.717) is 0 Å². The molecule has 0 heterocycles. The summed E-state index contributed by atoms with van der Waals surface area (Å²) in [5.41, 5.74) is 0. The molecule has 0 amide bonds. The van der Waals surface area contributed by atoms with Crippen molar-refractivity contribution >= 4 is 35.4 Å². The Morgan fingerprint density at radius 3 is 0.800 bits per heavy atom. The summed E-state index contributed by atoms with van der Waals surface area (Å²) in [5.74, 6) is 0. The van der Waals surface area contributed by atoms with E-state index >= 15 is 0 Å². The topological polar surface area (TPSA) is 126 Å². The Morgan fingerprint density at radius 2 is 0.800 bits per heavy atom. The minimum Gasteiger partial charge on any atom is -0.652 e. The summed E-state index contributed by atoms with van der Waals surface area (Å²) >= 11 is 0. The minimum atomic E-state index is -2.33. The normalized spacial score (nSPS) is 4.80. The third-order valence-corrected chi connectivity index (χ3v) is 0. The van der Waals surface area contributed by atoms with Gasteiger partial charge in [-0.05, 0) is 12.3 Å². The van der Waals surface area contributed by atoms with Gasteiger partial charge in [-0.2, -0.15) is 0 Å². The summed E-state index contributed by atoms with van der Waals surface area (Å²) in [5, 5.41) is 33.3. The third kappa shape index (κ3) is 10300. The zero-order valence-electron chi connectivity index (χ0n) is 4.49. The predicted octanol–water partition coefficient (Wildman–Crippen LogP) is -5.28. The van der Waals surface area contributed by atoms with Crippen LogP contribution in [0.2, 0.25) is 0 Å². The van der Waals surface area contributed by atoms with Gasteiger partial charge in [-0.3, -0.25) is 0 Å². The van der Waals surface area contributed by atoms with Crippen molar-refractivity contribution in [3.05, 3.63) is 0 Å². The molecule has 1 radical (unpaired) electrons. The van der Waals surface area contributed by atoms with Gasteiger partial charge in [0.25, 0.3) is 0 Å². The number of carbonyl (C=O) groups excluding carboxylic acids is 2. The van der Waals surface area contributed by atoms with Crippen LogP contribution < -0.4 is 20.4 Å². The SMILES string of the molecule is O=C([O-])[O-].O=C([O-])[O-].[Co+2].[Mg+2]. The van der Waals surface area contributed by atoms with Gasteiger partial charge in [0, 0.05) is 0 Å². The summed E-state index contributed by atoms with van der Waals surface area (Å²) < 4.78 is 0. The predicted molar refractivity (Wildman–Crippen MR) is 16.5 cm³/mol. The third-order valence-electron chi connectivity index (χ3n) is 0. The van der Waals surface area contributed by atoms with Gasteiger partial charge in [-0.1, -0.05) is 0 Å². The maximum Gasteiger partial charge on any atom is 2.00 e. The zero-order chi connectivity index (χ0) is 7.15. The van der Waals surface area contributed by atoms with E-state index in [1.807, 2.05) is 0 Å². The van der Waals surface area contributed by atoms with E-state index < -0.39 is 12.3 Å². The van der Waals surface area contributed by atoms with Gasteiger partial charge in [0.05, 0.1) is 0 Å². The fourth-order valence-electron chi connectivity index (χ4n) is 0. The minimum absolute atomic E-state index is 0. The van der Waals surface area contributed by atoms with Crippen LogP contribution in [0.3, 0.4) is 0 Å². The molecule has 0 rings (SSSR count). The first-order valence-electron chi connectivity index (χ1n) is 1.22. The van der Waals surface area contributed by atoms with Gasteiger partial charge in [-0.25, -0.2) is 0 Å². The molecule has 0 aromatic rings. The second-order valence-corrected chi connectivity index (χ2v) is 0.500. The van der Waals surface area contributed by atoms with Gasteiger partial charge in [0.2, 0.25) is 0 Å². The Hall–Kier alpha value is -0.187. The van der Waals surface area contributed by atoms with Crippen LogP contribution in [0.5, 0.6) is 0 Å². The van der Waals surface area contributed by atoms with Crippen molar-refractivity contribution in [3.63, 3.8) is 0 Å². The van der Waals surface area contributed by atoms with Crippen LogP contribution in [0.1, 0.15) is 0 Å². The zero-order valence-corrected chi connectivity index (χ0v) is 6.95. The molecule has 0 N–H and O–H groups in total. The van der Waals surface area contributed by atoms with Crippen LogP contribution in [-0.2, 0) is 16.8 Å². The molecule has 0 saturated carbocycles. The van der Waals surface area contributed by atoms with Gasteiger partial charge in [0.1, 0.15) is 0 Å². The van der Waals surface area contributed by atoms with E-state index in [0.717, 1.165) is 0 Å². The smallest absolute Gasteiger partial charge is 0.652 e. The fourth-order valence-corrected chi connectivity index (χ4v) is 0. The Kier molecular flexibility index (Phi) is 35.9. The molecular formula is C2CoMgO6. The summed E-state index contributed by atoms with van der Waals surface area (Å²) in [7, 11) is 0. The molecule has 0 spiro atoms. The molecule has 0 aromatic carbocycles. The average molecular weight is 203 g/mol. The number of carbonyl (C=O) groups is 2. The van der Waals surface area contributed by atoms with Crippen LogP contribution >= 0.6 is 0 Å². The van der Waals surface area contributed by atoms with Gasteiger partial charge in [0.15, 0.2) is 0 Å². The maximum absolute atomic E-state index is 8.33. The first kappa shape index (κ1) is 22.6. The quantitative estimate of drug-likeness (QED) is 0.362. The molecule has 0 aliphatic heterocycles. The molecule has 0 unspecified atom stereocenters. The molecule has 55 valence electrons. The Morgan fingerprint density at radius 1 is 0.800 bits per heavy atom. The van der Waals surface area contributed by atoms with Crippen molar-refractivity contribution in [2.75, 3.05) is 0 Å². The van der Waals surface area contributed by atoms with E-state index in [4.69, 9.17) is 30.0 Å². The van der Waals surface area contributed by atoms with Crippen LogP contribution in [0.25, 0.3) is 0 Å². The van der Waals surface area contributed by atoms with Gasteiger partial charge < -0.3 is 30.0 Å². The molecule has 0 aromatic heterocycles. The van der Waals surface area contributed by atoms with Crippen molar-refractivity contribution < 1.29 is 46.8 Å². The molecule has 0 aliphatic rings. The van der Waals surface area contributed by atoms with E-state index in [1.165, 1.54) is 0 Å². The van der Waals surface area contributed by atoms with Crippen molar-refractivity contribution in [2.24, 2.45) is 0 Å². The van der Waals surface area contributed by atoms with Gasteiger partial charge in [-0.15, -0.1) is 0 Å². The maximum atomic E-state index is 8.33. The Bertz CT molecular complexity index is 73.7. The number of hydrogen-bond donors (Lipinski definition) is 0. The Balaban J connectivity index is -0.0000000300. The van der Waals surface area contributed by atoms with Gasteiger partial charge >= 0.3 is 39.8 Å². The summed E-state index contributed by atoms with van der Waals surface area (Å²) in [6.07, 6.45) is -4.67. The monoisotopic (exact) mass is 203 g/mol. The van der Waals surface area contributed by atoms with E-state index in [2.05, 4.69) is 0 Å². The van der Waals surface area contributed by atoms with Crippen molar-refractivity contribution in [1.82, 2.24) is 0 Å². The molecular weight excluding hydrogens is 203 g/mol. The first-order valence-corrected chi connectivity index (χ1v) is 1.22. The second-order valence-electron chi connectivity index (χ2n) is 0.500. The second kappa shape index (κ2) is 15.9. The van der Waals surface area contributed by atoms with E-state index in [1.54, 1.807) is 0 Å². The van der Waals surface area contributed by atoms with Crippen LogP contribution in [0, 0.1) is 0 Å². The number of rotatable bonds is 0. The Labute approximate surface area is 82.2 Å². The van der Waals surface area contributed by atoms with Crippen LogP contribution in [-0.4, -0.2) is 35.4 Å². The molecule has 0 saturated heterocycles. The molecule has 6 nitrogen and oxygen atoms in total. The number of hydrogen-bond acceptors (Lipinski definition) is 6. The molecule has 0 atom stereocenters. The van der Waals surface area contributed by atoms with Crippen LogP contribution in [0.4, 0.5) is 9.59 Å². The first-order chi connectivity index (χ1) is 3.46. The summed E-state index contributed by atoms with van der Waals surface area (Å²) in [6.45, 7) is 0. The van der Waals surface area contributed by atoms with Crippen molar-refractivity contribution in [1.29, 1.82) is 0 Å². The van der Waals surface area contributed by atoms with E-state index in [9.17, 15) is 0 Å². The summed E-state index contributed by atoms with van der Waals surface area (Å²) in [6, 6.07) is 0. The summed E-state index contributed by atoms with van der Waals surface area (Å²) in [4.78, 5) is 16.7. The molecule has 0 aliphatic carbocycles. The molecule has 10 heavy (non-hydrogen) atoms. The van der Waals surface area contributed by atoms with E-state index in [-0.39, 0.29) is 39.8 Å².